The van der Waals surface area contributed by atoms with Crippen molar-refractivity contribution < 1.29 is 4.42 Å². The molecule has 2 aromatic rings. The van der Waals surface area contributed by atoms with Crippen molar-refractivity contribution >= 4 is 11.6 Å². The lowest BCUT2D eigenvalue weighted by atomic mass is 10.2. The standard InChI is InChI=1S/C20H31N5O/c1-6-21-20(23-14-19-24-16(4)17(5)26-19)22-11-12-25(7-2)18-10-8-9-15(3)13-18/h8-10,13H,6-7,11-12,14H2,1-5H3,(H2,21,22,23). The molecule has 6 heteroatoms. The van der Waals surface area contributed by atoms with Gasteiger partial charge in [-0.3, -0.25) is 0 Å². The molecule has 2 N–H and O–H groups in total. The third-order valence-corrected chi connectivity index (χ3v) is 4.21. The van der Waals surface area contributed by atoms with E-state index in [1.54, 1.807) is 0 Å². The van der Waals surface area contributed by atoms with Crippen LogP contribution in [-0.2, 0) is 6.54 Å². The van der Waals surface area contributed by atoms with Gasteiger partial charge in [-0.1, -0.05) is 12.1 Å². The zero-order chi connectivity index (χ0) is 18.9. The highest BCUT2D eigenvalue weighted by Gasteiger charge is 2.07. The Hall–Kier alpha value is -2.50. The second-order valence-corrected chi connectivity index (χ2v) is 6.29. The van der Waals surface area contributed by atoms with Gasteiger partial charge in [0.15, 0.2) is 5.96 Å². The van der Waals surface area contributed by atoms with Gasteiger partial charge in [-0.2, -0.15) is 0 Å². The number of nitrogens with one attached hydrogen (secondary N) is 2. The molecule has 0 unspecified atom stereocenters. The lowest BCUT2D eigenvalue weighted by Gasteiger charge is -2.24. The number of nitrogens with zero attached hydrogens (tertiary/aromatic N) is 3. The van der Waals surface area contributed by atoms with Crippen LogP contribution in [0.25, 0.3) is 0 Å². The first-order chi connectivity index (χ1) is 12.5. The van der Waals surface area contributed by atoms with E-state index in [-0.39, 0.29) is 0 Å². The van der Waals surface area contributed by atoms with E-state index >= 15 is 0 Å². The normalized spacial score (nSPS) is 11.5. The monoisotopic (exact) mass is 357 g/mol. The molecule has 0 atom stereocenters. The minimum absolute atomic E-state index is 0.430. The molecule has 142 valence electrons. The van der Waals surface area contributed by atoms with Crippen LogP contribution >= 0.6 is 0 Å². The predicted octanol–water partition coefficient (Wildman–Crippen LogP) is 3.18. The molecule has 0 bridgehead atoms. The Morgan fingerprint density at radius 1 is 1.19 bits per heavy atom. The van der Waals surface area contributed by atoms with Crippen molar-refractivity contribution in [3.63, 3.8) is 0 Å². The van der Waals surface area contributed by atoms with Gasteiger partial charge in [0.2, 0.25) is 5.89 Å². The average molecular weight is 358 g/mol. The number of rotatable bonds is 8. The molecular formula is C20H31N5O. The SMILES string of the molecule is CCNC(=NCc1nc(C)c(C)o1)NCCN(CC)c1cccc(C)c1. The molecule has 26 heavy (non-hydrogen) atoms. The number of aryl methyl sites for hydroxylation is 3. The van der Waals surface area contributed by atoms with E-state index in [1.807, 2.05) is 13.8 Å². The summed E-state index contributed by atoms with van der Waals surface area (Å²) in [7, 11) is 0. The zero-order valence-corrected chi connectivity index (χ0v) is 16.6. The van der Waals surface area contributed by atoms with E-state index in [1.165, 1.54) is 11.3 Å². The van der Waals surface area contributed by atoms with E-state index in [0.717, 1.165) is 43.6 Å². The summed E-state index contributed by atoms with van der Waals surface area (Å²) in [5, 5.41) is 6.66. The number of likely N-dealkylation sites (N-methyl/N-ethyl adjacent to an activating group) is 1. The highest BCUT2D eigenvalue weighted by Crippen LogP contribution is 2.15. The smallest absolute Gasteiger partial charge is 0.216 e. The van der Waals surface area contributed by atoms with E-state index in [4.69, 9.17) is 4.42 Å². The summed E-state index contributed by atoms with van der Waals surface area (Å²) in [4.78, 5) is 11.3. The van der Waals surface area contributed by atoms with Gasteiger partial charge in [0, 0.05) is 31.9 Å². The van der Waals surface area contributed by atoms with Crippen LogP contribution in [0, 0.1) is 20.8 Å². The molecule has 0 fully saturated rings. The number of hydrogen-bond acceptors (Lipinski definition) is 4. The number of anilines is 1. The molecule has 0 radical (unpaired) electrons. The summed E-state index contributed by atoms with van der Waals surface area (Å²) in [6.07, 6.45) is 0. The van der Waals surface area contributed by atoms with Gasteiger partial charge in [-0.25, -0.2) is 9.98 Å². The van der Waals surface area contributed by atoms with Crippen LogP contribution < -0.4 is 15.5 Å². The van der Waals surface area contributed by atoms with Crippen molar-refractivity contribution in [2.45, 2.75) is 41.2 Å². The number of aromatic nitrogens is 1. The molecule has 1 heterocycles. The summed E-state index contributed by atoms with van der Waals surface area (Å²) in [6.45, 7) is 14.1. The highest BCUT2D eigenvalue weighted by atomic mass is 16.4. The van der Waals surface area contributed by atoms with Crippen molar-refractivity contribution in [2.75, 3.05) is 31.1 Å². The molecule has 1 aromatic heterocycles. The van der Waals surface area contributed by atoms with Crippen LogP contribution in [0.4, 0.5) is 5.69 Å². The van der Waals surface area contributed by atoms with E-state index in [9.17, 15) is 0 Å². The summed E-state index contributed by atoms with van der Waals surface area (Å²) < 4.78 is 5.59. The molecular weight excluding hydrogens is 326 g/mol. The van der Waals surface area contributed by atoms with Gasteiger partial charge >= 0.3 is 0 Å². The largest absolute Gasteiger partial charge is 0.444 e. The molecule has 0 saturated carbocycles. The molecule has 0 saturated heterocycles. The van der Waals surface area contributed by atoms with Crippen molar-refractivity contribution in [3.8, 4) is 0 Å². The molecule has 0 spiro atoms. The van der Waals surface area contributed by atoms with Crippen molar-refractivity contribution in [3.05, 3.63) is 47.2 Å². The fourth-order valence-corrected chi connectivity index (χ4v) is 2.70. The van der Waals surface area contributed by atoms with E-state index in [2.05, 4.69) is 70.5 Å². The highest BCUT2D eigenvalue weighted by molar-refractivity contribution is 5.79. The first kappa shape index (κ1) is 19.8. The van der Waals surface area contributed by atoms with Gasteiger partial charge < -0.3 is 20.0 Å². The van der Waals surface area contributed by atoms with Crippen LogP contribution in [0.15, 0.2) is 33.7 Å². The number of oxazole rings is 1. The lowest BCUT2D eigenvalue weighted by molar-refractivity contribution is 0.473. The summed E-state index contributed by atoms with van der Waals surface area (Å²) in [5.74, 6) is 2.28. The first-order valence-electron chi connectivity index (χ1n) is 9.30. The Labute approximate surface area is 156 Å². The third kappa shape index (κ3) is 5.79. The molecule has 0 aliphatic heterocycles. The second-order valence-electron chi connectivity index (χ2n) is 6.29. The van der Waals surface area contributed by atoms with Gasteiger partial charge in [-0.05, 0) is 52.3 Å². The van der Waals surface area contributed by atoms with Crippen LogP contribution in [0.5, 0.6) is 0 Å². The van der Waals surface area contributed by atoms with Gasteiger partial charge in [0.25, 0.3) is 0 Å². The number of benzene rings is 1. The Morgan fingerprint density at radius 3 is 2.62 bits per heavy atom. The third-order valence-electron chi connectivity index (χ3n) is 4.21. The number of guanidine groups is 1. The van der Waals surface area contributed by atoms with Gasteiger partial charge in [0.05, 0.1) is 5.69 Å². The molecule has 2 rings (SSSR count). The maximum atomic E-state index is 5.59. The molecule has 1 aromatic carbocycles. The Morgan fingerprint density at radius 2 is 2.00 bits per heavy atom. The number of hydrogen-bond donors (Lipinski definition) is 2. The maximum absolute atomic E-state index is 5.59. The van der Waals surface area contributed by atoms with E-state index < -0.39 is 0 Å². The Balaban J connectivity index is 1.91. The van der Waals surface area contributed by atoms with E-state index in [0.29, 0.717) is 12.4 Å². The van der Waals surface area contributed by atoms with Crippen LogP contribution in [-0.4, -0.2) is 37.1 Å². The number of aliphatic imine (C=N–C) groups is 1. The first-order valence-corrected chi connectivity index (χ1v) is 9.30. The quantitative estimate of drug-likeness (QED) is 0.561. The Bertz CT molecular complexity index is 703. The minimum atomic E-state index is 0.430. The van der Waals surface area contributed by atoms with Crippen molar-refractivity contribution in [2.24, 2.45) is 4.99 Å². The van der Waals surface area contributed by atoms with Crippen LogP contribution in [0.3, 0.4) is 0 Å². The zero-order valence-electron chi connectivity index (χ0n) is 16.6. The summed E-state index contributed by atoms with van der Waals surface area (Å²) in [6, 6.07) is 8.60. The fourth-order valence-electron chi connectivity index (χ4n) is 2.70. The van der Waals surface area contributed by atoms with Crippen molar-refractivity contribution in [1.82, 2.24) is 15.6 Å². The molecule has 0 aliphatic carbocycles. The van der Waals surface area contributed by atoms with Gasteiger partial charge in [0.1, 0.15) is 12.3 Å². The summed E-state index contributed by atoms with van der Waals surface area (Å²) in [5.41, 5.74) is 3.45. The minimum Gasteiger partial charge on any atom is -0.444 e. The lowest BCUT2D eigenvalue weighted by Crippen LogP contribution is -2.41. The fraction of sp³-hybridized carbons (Fsp3) is 0.500. The van der Waals surface area contributed by atoms with Crippen LogP contribution in [0.2, 0.25) is 0 Å². The molecule has 0 amide bonds. The van der Waals surface area contributed by atoms with Crippen molar-refractivity contribution in [1.29, 1.82) is 0 Å². The maximum Gasteiger partial charge on any atom is 0.216 e. The average Bonchev–Trinajstić information content (AvgIpc) is 2.94. The molecule has 6 nitrogen and oxygen atoms in total. The van der Waals surface area contributed by atoms with Crippen LogP contribution in [0.1, 0.15) is 36.8 Å². The topological polar surface area (TPSA) is 65.7 Å². The Kier molecular flexibility index (Phi) is 7.51. The summed E-state index contributed by atoms with van der Waals surface area (Å²) >= 11 is 0. The molecule has 0 aliphatic rings. The second kappa shape index (κ2) is 9.85. The van der Waals surface area contributed by atoms with Gasteiger partial charge in [-0.15, -0.1) is 0 Å². The predicted molar refractivity (Wildman–Crippen MR) is 108 cm³/mol.